The van der Waals surface area contributed by atoms with Gasteiger partial charge in [0.2, 0.25) is 5.91 Å². The number of pyridine rings is 1. The van der Waals surface area contributed by atoms with Crippen molar-refractivity contribution >= 4 is 28.3 Å². The number of nitrogens with zero attached hydrogens (tertiary/aromatic N) is 3. The molecule has 0 atom stereocenters. The number of carbonyl (C=O) groups excluding carboxylic acids is 2. The number of aromatic nitrogens is 1. The molecule has 4 rings (SSSR count). The number of benzene rings is 1. The maximum Gasteiger partial charge on any atom is 0.410 e. The summed E-state index contributed by atoms with van der Waals surface area (Å²) in [5.74, 6) is 0.573. The maximum atomic E-state index is 12.6. The van der Waals surface area contributed by atoms with E-state index in [1.165, 1.54) is 11.3 Å². The number of ether oxygens (including phenoxy) is 2. The van der Waals surface area contributed by atoms with Crippen molar-refractivity contribution in [3.63, 3.8) is 0 Å². The SMILES string of the molecule is COc1ccccc1CCC(=O)Nc1sc2c(c1C#N)CCN(C(=O)OCc1cccnc1)C2. The van der Waals surface area contributed by atoms with Crippen LogP contribution in [-0.2, 0) is 35.5 Å². The maximum absolute atomic E-state index is 12.6. The molecule has 0 aliphatic carbocycles. The van der Waals surface area contributed by atoms with Gasteiger partial charge in [-0.05, 0) is 36.1 Å². The number of para-hydroxylation sites is 1. The molecule has 0 bridgehead atoms. The van der Waals surface area contributed by atoms with Gasteiger partial charge in [0.05, 0.1) is 19.2 Å². The molecule has 2 aromatic heterocycles. The van der Waals surface area contributed by atoms with E-state index in [4.69, 9.17) is 9.47 Å². The first-order chi connectivity index (χ1) is 16.6. The molecule has 0 radical (unpaired) electrons. The van der Waals surface area contributed by atoms with E-state index in [2.05, 4.69) is 16.4 Å². The fourth-order valence-corrected chi connectivity index (χ4v) is 5.06. The summed E-state index contributed by atoms with van der Waals surface area (Å²) in [5, 5.41) is 13.1. The predicted molar refractivity (Wildman–Crippen MR) is 128 cm³/mol. The molecule has 1 N–H and O–H groups in total. The van der Waals surface area contributed by atoms with Gasteiger partial charge >= 0.3 is 6.09 Å². The second kappa shape index (κ2) is 10.8. The first kappa shape index (κ1) is 23.3. The standard InChI is InChI=1S/C25H24N4O4S/c1-32-21-7-3-2-6-18(21)8-9-23(30)28-24-20(13-26)19-10-12-29(15-22(19)34-24)25(31)33-16-17-5-4-11-27-14-17/h2-7,11,14H,8-10,12,15-16H2,1H3,(H,28,30). The van der Waals surface area contributed by atoms with Crippen LogP contribution in [0, 0.1) is 11.3 Å². The summed E-state index contributed by atoms with van der Waals surface area (Å²) in [4.78, 5) is 31.7. The average Bonchev–Trinajstić information content (AvgIpc) is 3.22. The van der Waals surface area contributed by atoms with Gasteiger partial charge in [-0.25, -0.2) is 4.79 Å². The number of thiophene rings is 1. The Morgan fingerprint density at radius 1 is 1.26 bits per heavy atom. The van der Waals surface area contributed by atoms with Crippen LogP contribution >= 0.6 is 11.3 Å². The molecular weight excluding hydrogens is 452 g/mol. The van der Waals surface area contributed by atoms with Crippen molar-refractivity contribution < 1.29 is 19.1 Å². The number of rotatable bonds is 7. The van der Waals surface area contributed by atoms with Crippen LogP contribution in [0.25, 0.3) is 0 Å². The highest BCUT2D eigenvalue weighted by Gasteiger charge is 2.28. The number of hydrogen-bond acceptors (Lipinski definition) is 7. The number of methoxy groups -OCH3 is 1. The summed E-state index contributed by atoms with van der Waals surface area (Å²) in [6.07, 6.45) is 4.23. The molecule has 0 saturated heterocycles. The second-order valence-electron chi connectivity index (χ2n) is 7.77. The molecule has 1 aromatic carbocycles. The van der Waals surface area contributed by atoms with Crippen LogP contribution in [0.15, 0.2) is 48.8 Å². The van der Waals surface area contributed by atoms with Crippen LogP contribution in [-0.4, -0.2) is 35.5 Å². The van der Waals surface area contributed by atoms with Gasteiger partial charge in [-0.1, -0.05) is 24.3 Å². The van der Waals surface area contributed by atoms with Crippen LogP contribution in [0.3, 0.4) is 0 Å². The second-order valence-corrected chi connectivity index (χ2v) is 8.87. The van der Waals surface area contributed by atoms with Crippen LogP contribution in [0.5, 0.6) is 5.75 Å². The molecule has 34 heavy (non-hydrogen) atoms. The lowest BCUT2D eigenvalue weighted by Crippen LogP contribution is -2.35. The Morgan fingerprint density at radius 2 is 2.12 bits per heavy atom. The lowest BCUT2D eigenvalue weighted by molar-refractivity contribution is -0.116. The van der Waals surface area contributed by atoms with E-state index in [9.17, 15) is 14.9 Å². The lowest BCUT2D eigenvalue weighted by Gasteiger charge is -2.26. The molecule has 0 unspecified atom stereocenters. The van der Waals surface area contributed by atoms with Crippen molar-refractivity contribution in [2.75, 3.05) is 19.0 Å². The molecular formula is C25H24N4O4S. The number of fused-ring (bicyclic) bond motifs is 1. The summed E-state index contributed by atoms with van der Waals surface area (Å²) in [6, 6.07) is 13.4. The lowest BCUT2D eigenvalue weighted by atomic mass is 10.0. The van der Waals surface area contributed by atoms with E-state index in [1.54, 1.807) is 30.5 Å². The van der Waals surface area contributed by atoms with Crippen molar-refractivity contribution in [1.82, 2.24) is 9.88 Å². The van der Waals surface area contributed by atoms with E-state index in [1.807, 2.05) is 30.3 Å². The molecule has 0 fully saturated rings. The van der Waals surface area contributed by atoms with Crippen LogP contribution < -0.4 is 10.1 Å². The minimum Gasteiger partial charge on any atom is -0.496 e. The number of anilines is 1. The van der Waals surface area contributed by atoms with E-state index in [0.29, 0.717) is 36.5 Å². The molecule has 2 amide bonds. The van der Waals surface area contributed by atoms with Gasteiger partial charge in [-0.15, -0.1) is 11.3 Å². The summed E-state index contributed by atoms with van der Waals surface area (Å²) in [6.45, 7) is 0.945. The largest absolute Gasteiger partial charge is 0.496 e. The van der Waals surface area contributed by atoms with Gasteiger partial charge in [0, 0.05) is 35.8 Å². The normalized spacial score (nSPS) is 12.4. The molecule has 0 spiro atoms. The summed E-state index contributed by atoms with van der Waals surface area (Å²) < 4.78 is 10.8. The minimum atomic E-state index is -0.413. The van der Waals surface area contributed by atoms with Gasteiger partial charge in [-0.3, -0.25) is 9.78 Å². The molecule has 8 nitrogen and oxygen atoms in total. The topological polar surface area (TPSA) is 105 Å². The van der Waals surface area contributed by atoms with Gasteiger partial charge in [0.15, 0.2) is 0 Å². The van der Waals surface area contributed by atoms with Gasteiger partial charge in [0.1, 0.15) is 23.4 Å². The highest BCUT2D eigenvalue weighted by Crippen LogP contribution is 2.37. The first-order valence-electron chi connectivity index (χ1n) is 10.9. The molecule has 3 aromatic rings. The highest BCUT2D eigenvalue weighted by molar-refractivity contribution is 7.16. The third-order valence-corrected chi connectivity index (χ3v) is 6.71. The van der Waals surface area contributed by atoms with Crippen molar-refractivity contribution in [3.05, 3.63) is 75.9 Å². The number of nitrogens with one attached hydrogen (secondary N) is 1. The number of hydrogen-bond donors (Lipinski definition) is 1. The smallest absolute Gasteiger partial charge is 0.410 e. The van der Waals surface area contributed by atoms with E-state index < -0.39 is 6.09 Å². The van der Waals surface area contributed by atoms with Crippen LogP contribution in [0.2, 0.25) is 0 Å². The molecule has 174 valence electrons. The fraction of sp³-hybridized carbons (Fsp3) is 0.280. The van der Waals surface area contributed by atoms with Gasteiger partial charge in [-0.2, -0.15) is 5.26 Å². The Kier molecular flexibility index (Phi) is 7.40. The zero-order valence-electron chi connectivity index (χ0n) is 18.7. The highest BCUT2D eigenvalue weighted by atomic mass is 32.1. The minimum absolute atomic E-state index is 0.150. The van der Waals surface area contributed by atoms with Crippen molar-refractivity contribution in [2.24, 2.45) is 0 Å². The predicted octanol–water partition coefficient (Wildman–Crippen LogP) is 4.29. The van der Waals surface area contributed by atoms with E-state index in [0.717, 1.165) is 27.3 Å². The number of nitriles is 1. The van der Waals surface area contributed by atoms with Crippen molar-refractivity contribution in [3.8, 4) is 11.8 Å². The first-order valence-corrected chi connectivity index (χ1v) is 11.7. The quantitative estimate of drug-likeness (QED) is 0.546. The van der Waals surface area contributed by atoms with Crippen molar-refractivity contribution in [2.45, 2.75) is 32.4 Å². The zero-order chi connectivity index (χ0) is 23.9. The molecule has 0 saturated carbocycles. The van der Waals surface area contributed by atoms with Gasteiger partial charge in [0.25, 0.3) is 0 Å². The third-order valence-electron chi connectivity index (χ3n) is 5.58. The van der Waals surface area contributed by atoms with E-state index >= 15 is 0 Å². The molecule has 3 heterocycles. The van der Waals surface area contributed by atoms with E-state index in [-0.39, 0.29) is 18.9 Å². The molecule has 1 aliphatic rings. The summed E-state index contributed by atoms with van der Waals surface area (Å²) >= 11 is 1.34. The third kappa shape index (κ3) is 5.35. The Bertz CT molecular complexity index is 1220. The number of carbonyl (C=O) groups is 2. The van der Waals surface area contributed by atoms with Crippen LogP contribution in [0.4, 0.5) is 9.80 Å². The average molecular weight is 477 g/mol. The van der Waals surface area contributed by atoms with Crippen molar-refractivity contribution in [1.29, 1.82) is 5.26 Å². The Hall–Kier alpha value is -3.90. The summed E-state index contributed by atoms with van der Waals surface area (Å²) in [5.41, 5.74) is 3.14. The number of amides is 2. The molecule has 9 heteroatoms. The Balaban J connectivity index is 1.37. The molecule has 1 aliphatic heterocycles. The fourth-order valence-electron chi connectivity index (χ4n) is 3.83. The summed E-state index contributed by atoms with van der Waals surface area (Å²) in [7, 11) is 1.60. The Morgan fingerprint density at radius 3 is 2.88 bits per heavy atom. The Labute approximate surface area is 201 Å². The van der Waals surface area contributed by atoms with Gasteiger partial charge < -0.3 is 19.7 Å². The zero-order valence-corrected chi connectivity index (χ0v) is 19.6. The monoisotopic (exact) mass is 476 g/mol. The number of aryl methyl sites for hydroxylation is 1. The van der Waals surface area contributed by atoms with Crippen LogP contribution in [0.1, 0.15) is 33.6 Å².